The number of hydrogen-bond donors (Lipinski definition) is 2. The molecule has 0 unspecified atom stereocenters. The third kappa shape index (κ3) is 4.93. The molecule has 11 heteroatoms. The van der Waals surface area contributed by atoms with Crippen LogP contribution in [0.4, 0.5) is 20.0 Å². The van der Waals surface area contributed by atoms with Gasteiger partial charge >= 0.3 is 6.03 Å². The van der Waals surface area contributed by atoms with Gasteiger partial charge in [0.1, 0.15) is 10.8 Å². The molecule has 9 nitrogen and oxygen atoms in total. The van der Waals surface area contributed by atoms with Crippen LogP contribution < -0.4 is 24.8 Å². The number of methoxy groups -OCH3 is 2. The van der Waals surface area contributed by atoms with Crippen LogP contribution in [0.1, 0.15) is 11.9 Å². The standard InChI is InChI=1S/C22H20FN5O4S/c1-4-20-27-28-22(33-20)26-21(29)25-12-5-6-17(14(23)9-12)32-16-7-8-24-15-11-19(31-3)18(30-2)10-13(15)16/h5-11H,4H2,1-3H3,(H2,25,26,28,29). The fourth-order valence-electron chi connectivity index (χ4n) is 3.02. The van der Waals surface area contributed by atoms with E-state index in [4.69, 9.17) is 14.2 Å². The summed E-state index contributed by atoms with van der Waals surface area (Å²) in [6.45, 7) is 1.94. The van der Waals surface area contributed by atoms with E-state index in [1.807, 2.05) is 6.92 Å². The van der Waals surface area contributed by atoms with E-state index in [-0.39, 0.29) is 11.4 Å². The molecule has 0 spiro atoms. The molecule has 0 aliphatic carbocycles. The van der Waals surface area contributed by atoms with Crippen molar-refractivity contribution in [1.29, 1.82) is 0 Å². The largest absolute Gasteiger partial charge is 0.493 e. The lowest BCUT2D eigenvalue weighted by Gasteiger charge is -2.13. The number of amides is 2. The monoisotopic (exact) mass is 469 g/mol. The zero-order valence-corrected chi connectivity index (χ0v) is 18.8. The first-order chi connectivity index (χ1) is 16.0. The molecule has 2 heterocycles. The topological polar surface area (TPSA) is 107 Å². The second-order valence-electron chi connectivity index (χ2n) is 6.71. The van der Waals surface area contributed by atoms with Crippen molar-refractivity contribution >= 4 is 39.1 Å². The van der Waals surface area contributed by atoms with Crippen LogP contribution in [0, 0.1) is 5.82 Å². The molecule has 33 heavy (non-hydrogen) atoms. The third-order valence-electron chi connectivity index (χ3n) is 4.61. The molecule has 0 aliphatic heterocycles. The maximum absolute atomic E-state index is 14.7. The van der Waals surface area contributed by atoms with Gasteiger partial charge in [-0.3, -0.25) is 10.3 Å². The summed E-state index contributed by atoms with van der Waals surface area (Å²) in [5.74, 6) is 0.744. The van der Waals surface area contributed by atoms with E-state index in [9.17, 15) is 9.18 Å². The fraction of sp³-hybridized carbons (Fsp3) is 0.182. The second-order valence-corrected chi connectivity index (χ2v) is 7.78. The number of rotatable bonds is 7. The molecular weight excluding hydrogens is 449 g/mol. The van der Waals surface area contributed by atoms with E-state index >= 15 is 0 Å². The van der Waals surface area contributed by atoms with Crippen LogP contribution in [-0.2, 0) is 6.42 Å². The van der Waals surface area contributed by atoms with Crippen molar-refractivity contribution in [2.45, 2.75) is 13.3 Å². The van der Waals surface area contributed by atoms with Crippen molar-refractivity contribution < 1.29 is 23.4 Å². The minimum atomic E-state index is -0.651. The van der Waals surface area contributed by atoms with E-state index in [0.29, 0.717) is 33.3 Å². The Morgan fingerprint density at radius 3 is 2.48 bits per heavy atom. The number of carbonyl (C=O) groups is 1. The van der Waals surface area contributed by atoms with E-state index < -0.39 is 11.8 Å². The van der Waals surface area contributed by atoms with Gasteiger partial charge in [0.05, 0.1) is 19.7 Å². The lowest BCUT2D eigenvalue weighted by molar-refractivity contribution is 0.262. The number of nitrogens with zero attached hydrogens (tertiary/aromatic N) is 3. The maximum Gasteiger partial charge on any atom is 0.325 e. The Labute approximate surface area is 192 Å². The molecule has 170 valence electrons. The van der Waals surface area contributed by atoms with Gasteiger partial charge in [-0.05, 0) is 30.7 Å². The van der Waals surface area contributed by atoms with Crippen molar-refractivity contribution in [3.63, 3.8) is 0 Å². The van der Waals surface area contributed by atoms with Gasteiger partial charge in [0, 0.05) is 29.4 Å². The lowest BCUT2D eigenvalue weighted by Crippen LogP contribution is -2.19. The number of nitrogens with one attached hydrogen (secondary N) is 2. The van der Waals surface area contributed by atoms with Crippen molar-refractivity contribution in [3.05, 3.63) is 53.4 Å². The summed E-state index contributed by atoms with van der Waals surface area (Å²) in [5.41, 5.74) is 0.854. The number of carbonyl (C=O) groups excluding carboxylic acids is 1. The average Bonchev–Trinajstić information content (AvgIpc) is 3.27. The first kappa shape index (κ1) is 22.2. The summed E-state index contributed by atoms with van der Waals surface area (Å²) in [4.78, 5) is 16.5. The average molecular weight is 469 g/mol. The van der Waals surface area contributed by atoms with Crippen LogP contribution in [0.5, 0.6) is 23.0 Å². The molecule has 0 fully saturated rings. The van der Waals surface area contributed by atoms with Gasteiger partial charge in [-0.2, -0.15) is 0 Å². The van der Waals surface area contributed by atoms with Gasteiger partial charge in [-0.25, -0.2) is 9.18 Å². The molecule has 2 amide bonds. The number of anilines is 2. The normalized spacial score (nSPS) is 10.7. The number of fused-ring (bicyclic) bond motifs is 1. The number of pyridine rings is 1. The first-order valence-corrected chi connectivity index (χ1v) is 10.7. The summed E-state index contributed by atoms with van der Waals surface area (Å²) in [6, 6.07) is 8.62. The Balaban J connectivity index is 1.51. The summed E-state index contributed by atoms with van der Waals surface area (Å²) in [7, 11) is 3.06. The van der Waals surface area contributed by atoms with Crippen LogP contribution in [0.25, 0.3) is 10.9 Å². The molecule has 2 aromatic carbocycles. The van der Waals surface area contributed by atoms with E-state index in [1.54, 1.807) is 24.4 Å². The molecule has 4 rings (SSSR count). The molecule has 2 aromatic heterocycles. The van der Waals surface area contributed by atoms with Crippen molar-refractivity contribution in [2.75, 3.05) is 24.9 Å². The third-order valence-corrected chi connectivity index (χ3v) is 5.59. The first-order valence-electron chi connectivity index (χ1n) is 9.89. The van der Waals surface area contributed by atoms with E-state index in [0.717, 1.165) is 11.4 Å². The molecule has 0 saturated heterocycles. The van der Waals surface area contributed by atoms with Crippen molar-refractivity contribution in [3.8, 4) is 23.0 Å². The number of aryl methyl sites for hydroxylation is 1. The zero-order chi connectivity index (χ0) is 23.4. The van der Waals surface area contributed by atoms with Gasteiger partial charge < -0.3 is 19.5 Å². The Morgan fingerprint density at radius 2 is 1.79 bits per heavy atom. The number of hydrogen-bond acceptors (Lipinski definition) is 8. The fourth-order valence-corrected chi connectivity index (χ4v) is 3.70. The highest BCUT2D eigenvalue weighted by molar-refractivity contribution is 7.15. The number of halogens is 1. The molecule has 0 bridgehead atoms. The van der Waals surface area contributed by atoms with Gasteiger partial charge in [0.15, 0.2) is 23.1 Å². The quantitative estimate of drug-likeness (QED) is 0.381. The van der Waals surface area contributed by atoms with Crippen LogP contribution in [0.3, 0.4) is 0 Å². The summed E-state index contributed by atoms with van der Waals surface area (Å²) in [5, 5.41) is 14.7. The van der Waals surface area contributed by atoms with Gasteiger partial charge in [-0.15, -0.1) is 10.2 Å². The number of urea groups is 1. The maximum atomic E-state index is 14.7. The predicted molar refractivity (Wildman–Crippen MR) is 123 cm³/mol. The summed E-state index contributed by atoms with van der Waals surface area (Å²) >= 11 is 1.27. The lowest BCUT2D eigenvalue weighted by atomic mass is 10.2. The highest BCUT2D eigenvalue weighted by atomic mass is 32.1. The molecule has 2 N–H and O–H groups in total. The minimum absolute atomic E-state index is 0.0139. The second kappa shape index (κ2) is 9.65. The highest BCUT2D eigenvalue weighted by Gasteiger charge is 2.14. The molecule has 0 atom stereocenters. The van der Waals surface area contributed by atoms with Gasteiger partial charge in [-0.1, -0.05) is 18.3 Å². The Morgan fingerprint density at radius 1 is 1.00 bits per heavy atom. The molecular formula is C22H20FN5O4S. The van der Waals surface area contributed by atoms with E-state index in [2.05, 4.69) is 25.8 Å². The Kier molecular flexibility index (Phi) is 6.50. The number of benzene rings is 2. The van der Waals surface area contributed by atoms with Gasteiger partial charge in [0.2, 0.25) is 5.13 Å². The smallest absolute Gasteiger partial charge is 0.325 e. The molecule has 0 aliphatic rings. The highest BCUT2D eigenvalue weighted by Crippen LogP contribution is 2.37. The van der Waals surface area contributed by atoms with E-state index in [1.165, 1.54) is 43.8 Å². The zero-order valence-electron chi connectivity index (χ0n) is 18.0. The molecule has 4 aromatic rings. The predicted octanol–water partition coefficient (Wildman–Crippen LogP) is 5.24. The summed E-state index contributed by atoms with van der Waals surface area (Å²) in [6.07, 6.45) is 2.28. The SMILES string of the molecule is CCc1nnc(NC(=O)Nc2ccc(Oc3ccnc4cc(OC)c(OC)cc34)c(F)c2)s1. The Hall–Kier alpha value is -3.99. The van der Waals surface area contributed by atoms with Crippen molar-refractivity contribution in [2.24, 2.45) is 0 Å². The van der Waals surface area contributed by atoms with Crippen LogP contribution in [0.15, 0.2) is 42.6 Å². The number of ether oxygens (including phenoxy) is 3. The van der Waals surface area contributed by atoms with Gasteiger partial charge in [0.25, 0.3) is 0 Å². The summed E-state index contributed by atoms with van der Waals surface area (Å²) < 4.78 is 31.2. The van der Waals surface area contributed by atoms with Crippen LogP contribution in [0.2, 0.25) is 0 Å². The molecule has 0 radical (unpaired) electrons. The number of aromatic nitrogens is 3. The Bertz CT molecular complexity index is 1310. The molecule has 0 saturated carbocycles. The van der Waals surface area contributed by atoms with Crippen LogP contribution >= 0.6 is 11.3 Å². The minimum Gasteiger partial charge on any atom is -0.493 e. The van der Waals surface area contributed by atoms with Crippen molar-refractivity contribution in [1.82, 2.24) is 15.2 Å². The van der Waals surface area contributed by atoms with Crippen LogP contribution in [-0.4, -0.2) is 35.4 Å².